The molecule has 0 heterocycles. The van der Waals surface area contributed by atoms with Crippen molar-refractivity contribution in [2.75, 3.05) is 7.11 Å². The van der Waals surface area contributed by atoms with Gasteiger partial charge >= 0.3 is 5.97 Å². The molecule has 0 aliphatic rings. The second kappa shape index (κ2) is 10.2. The van der Waals surface area contributed by atoms with Gasteiger partial charge in [-0.25, -0.2) is 9.18 Å². The van der Waals surface area contributed by atoms with Gasteiger partial charge in [0.05, 0.1) is 7.11 Å². The van der Waals surface area contributed by atoms with Gasteiger partial charge in [0.2, 0.25) is 11.8 Å². The molecular weight excluding hydrogens is 379 g/mol. The number of rotatable bonds is 9. The van der Waals surface area contributed by atoms with Gasteiger partial charge in [-0.1, -0.05) is 24.3 Å². The quantitative estimate of drug-likeness (QED) is 0.592. The molecule has 0 fully saturated rings. The number of hydrogen-bond donors (Lipinski definition) is 3. The molecule has 0 unspecified atom stereocenters. The van der Waals surface area contributed by atoms with Crippen LogP contribution < -0.4 is 15.4 Å². The van der Waals surface area contributed by atoms with Crippen LogP contribution in [0.15, 0.2) is 48.5 Å². The number of methoxy groups -OCH3 is 1. The number of carbonyl (C=O) groups excluding carboxylic acids is 2. The fourth-order valence-corrected chi connectivity index (χ4v) is 2.82. The number of aliphatic carboxylic acids is 1. The van der Waals surface area contributed by atoms with Crippen molar-refractivity contribution in [2.24, 2.45) is 0 Å². The number of carbonyl (C=O) groups is 3. The molecule has 2 rings (SSSR count). The highest BCUT2D eigenvalue weighted by Gasteiger charge is 2.26. The van der Waals surface area contributed by atoms with Crippen molar-refractivity contribution in [3.63, 3.8) is 0 Å². The molecule has 2 amide bonds. The fourth-order valence-electron chi connectivity index (χ4n) is 2.82. The third-order valence-electron chi connectivity index (χ3n) is 4.24. The minimum absolute atomic E-state index is 0.0433. The molecule has 2 atom stereocenters. The molecular formula is C21H23FN2O5. The number of carboxylic acid groups (broad SMARTS) is 1. The topological polar surface area (TPSA) is 105 Å². The first-order valence-electron chi connectivity index (χ1n) is 8.96. The summed E-state index contributed by atoms with van der Waals surface area (Å²) in [5.74, 6) is -2.12. The van der Waals surface area contributed by atoms with Crippen LogP contribution in [0.25, 0.3) is 0 Å². The van der Waals surface area contributed by atoms with Crippen molar-refractivity contribution in [3.05, 3.63) is 65.5 Å². The van der Waals surface area contributed by atoms with E-state index in [2.05, 4.69) is 10.6 Å². The van der Waals surface area contributed by atoms with Crippen molar-refractivity contribution in [1.29, 1.82) is 0 Å². The van der Waals surface area contributed by atoms with Crippen molar-refractivity contribution >= 4 is 17.8 Å². The zero-order chi connectivity index (χ0) is 21.4. The van der Waals surface area contributed by atoms with Crippen LogP contribution in [-0.2, 0) is 27.2 Å². The van der Waals surface area contributed by atoms with Crippen LogP contribution in [0.5, 0.6) is 5.75 Å². The van der Waals surface area contributed by atoms with E-state index >= 15 is 0 Å². The maximum atomic E-state index is 13.1. The predicted molar refractivity (Wildman–Crippen MR) is 104 cm³/mol. The molecule has 8 heteroatoms. The number of benzene rings is 2. The zero-order valence-corrected chi connectivity index (χ0v) is 16.1. The van der Waals surface area contributed by atoms with E-state index in [1.807, 2.05) is 0 Å². The number of nitrogens with one attached hydrogen (secondary N) is 2. The summed E-state index contributed by atoms with van der Waals surface area (Å²) in [4.78, 5) is 35.9. The van der Waals surface area contributed by atoms with Gasteiger partial charge in [-0.2, -0.15) is 0 Å². The largest absolute Gasteiger partial charge is 0.497 e. The number of ether oxygens (including phenoxy) is 1. The van der Waals surface area contributed by atoms with Crippen molar-refractivity contribution in [3.8, 4) is 5.75 Å². The second-order valence-corrected chi connectivity index (χ2v) is 6.54. The summed E-state index contributed by atoms with van der Waals surface area (Å²) in [6.45, 7) is 1.26. The standard InChI is InChI=1S/C21H23FN2O5/c1-13(25)23-18(11-14-6-8-16(22)9-7-14)20(26)24-19(21(27)28)12-15-4-3-5-17(10-15)29-2/h3-10,18-19H,11-12H2,1-2H3,(H,23,25)(H,24,26)(H,27,28)/t18-,19+/m0/s1. The van der Waals surface area contributed by atoms with Gasteiger partial charge in [0.15, 0.2) is 0 Å². The first kappa shape index (κ1) is 21.9. The first-order valence-corrected chi connectivity index (χ1v) is 8.96. The Labute approximate surface area is 167 Å². The van der Waals surface area contributed by atoms with Gasteiger partial charge in [0, 0.05) is 19.8 Å². The lowest BCUT2D eigenvalue weighted by atomic mass is 10.0. The van der Waals surface area contributed by atoms with Crippen LogP contribution in [0, 0.1) is 5.82 Å². The van der Waals surface area contributed by atoms with Crippen LogP contribution in [0.4, 0.5) is 4.39 Å². The highest BCUT2D eigenvalue weighted by atomic mass is 19.1. The van der Waals surface area contributed by atoms with E-state index in [-0.39, 0.29) is 12.8 Å². The van der Waals surface area contributed by atoms with Crippen LogP contribution in [-0.4, -0.2) is 42.1 Å². The number of hydrogen-bond acceptors (Lipinski definition) is 4. The summed E-state index contributed by atoms with van der Waals surface area (Å²) in [5.41, 5.74) is 1.30. The number of carboxylic acids is 1. The predicted octanol–water partition coefficient (Wildman–Crippen LogP) is 1.69. The maximum absolute atomic E-state index is 13.1. The molecule has 0 bridgehead atoms. The Balaban J connectivity index is 2.13. The lowest BCUT2D eigenvalue weighted by Gasteiger charge is -2.21. The summed E-state index contributed by atoms with van der Waals surface area (Å²) in [5, 5.41) is 14.5. The van der Waals surface area contributed by atoms with E-state index in [1.165, 1.54) is 38.3 Å². The van der Waals surface area contributed by atoms with Gasteiger partial charge in [0.25, 0.3) is 0 Å². The molecule has 7 nitrogen and oxygen atoms in total. The molecule has 0 saturated heterocycles. The molecule has 29 heavy (non-hydrogen) atoms. The summed E-state index contributed by atoms with van der Waals surface area (Å²) in [7, 11) is 1.50. The Bertz CT molecular complexity index is 870. The third-order valence-corrected chi connectivity index (χ3v) is 4.24. The molecule has 0 aliphatic heterocycles. The Morgan fingerprint density at radius 3 is 2.24 bits per heavy atom. The van der Waals surface area contributed by atoms with E-state index in [0.29, 0.717) is 16.9 Å². The molecule has 0 radical (unpaired) electrons. The Morgan fingerprint density at radius 2 is 1.66 bits per heavy atom. The Morgan fingerprint density at radius 1 is 1.00 bits per heavy atom. The molecule has 0 aromatic heterocycles. The molecule has 0 spiro atoms. The van der Waals surface area contributed by atoms with Gasteiger partial charge in [-0.15, -0.1) is 0 Å². The highest BCUT2D eigenvalue weighted by molar-refractivity contribution is 5.90. The van der Waals surface area contributed by atoms with Crippen LogP contribution in [0.3, 0.4) is 0 Å². The number of halogens is 1. The van der Waals surface area contributed by atoms with E-state index in [0.717, 1.165) is 0 Å². The molecule has 154 valence electrons. The van der Waals surface area contributed by atoms with Gasteiger partial charge in [0.1, 0.15) is 23.7 Å². The number of amides is 2. The minimum Gasteiger partial charge on any atom is -0.497 e. The smallest absolute Gasteiger partial charge is 0.326 e. The third kappa shape index (κ3) is 6.91. The normalized spacial score (nSPS) is 12.5. The first-order chi connectivity index (χ1) is 13.8. The maximum Gasteiger partial charge on any atom is 0.326 e. The van der Waals surface area contributed by atoms with Crippen molar-refractivity contribution < 1.29 is 28.6 Å². The lowest BCUT2D eigenvalue weighted by molar-refractivity contribution is -0.142. The fraction of sp³-hybridized carbons (Fsp3) is 0.286. The van der Waals surface area contributed by atoms with Gasteiger partial charge in [-0.3, -0.25) is 9.59 Å². The molecule has 0 saturated carbocycles. The average molecular weight is 402 g/mol. The Kier molecular flexibility index (Phi) is 7.70. The second-order valence-electron chi connectivity index (χ2n) is 6.54. The highest BCUT2D eigenvalue weighted by Crippen LogP contribution is 2.14. The monoisotopic (exact) mass is 402 g/mol. The molecule has 3 N–H and O–H groups in total. The van der Waals surface area contributed by atoms with E-state index in [9.17, 15) is 23.9 Å². The summed E-state index contributed by atoms with van der Waals surface area (Å²) in [6.07, 6.45) is 0.138. The molecule has 0 aliphatic carbocycles. The van der Waals surface area contributed by atoms with Crippen molar-refractivity contribution in [1.82, 2.24) is 10.6 Å². The average Bonchev–Trinajstić information content (AvgIpc) is 2.68. The Hall–Kier alpha value is -3.42. The molecule has 2 aromatic rings. The summed E-state index contributed by atoms with van der Waals surface area (Å²) in [6, 6.07) is 10.2. The van der Waals surface area contributed by atoms with E-state index in [1.54, 1.807) is 24.3 Å². The van der Waals surface area contributed by atoms with Crippen LogP contribution >= 0.6 is 0 Å². The van der Waals surface area contributed by atoms with Gasteiger partial charge in [-0.05, 0) is 35.4 Å². The van der Waals surface area contributed by atoms with E-state index in [4.69, 9.17) is 4.74 Å². The summed E-state index contributed by atoms with van der Waals surface area (Å²) >= 11 is 0. The SMILES string of the molecule is COc1cccc(C[C@@H](NC(=O)[C@H](Cc2ccc(F)cc2)NC(C)=O)C(=O)O)c1. The van der Waals surface area contributed by atoms with Crippen molar-refractivity contribution in [2.45, 2.75) is 31.8 Å². The lowest BCUT2D eigenvalue weighted by Crippen LogP contribution is -2.52. The minimum atomic E-state index is -1.20. The molecule has 2 aromatic carbocycles. The summed E-state index contributed by atoms with van der Waals surface area (Å²) < 4.78 is 18.2. The van der Waals surface area contributed by atoms with Gasteiger partial charge < -0.3 is 20.5 Å². The van der Waals surface area contributed by atoms with Crippen LogP contribution in [0.1, 0.15) is 18.1 Å². The van der Waals surface area contributed by atoms with Crippen LogP contribution in [0.2, 0.25) is 0 Å². The van der Waals surface area contributed by atoms with E-state index < -0.39 is 35.7 Å². The zero-order valence-electron chi connectivity index (χ0n) is 16.1.